The molecule has 0 radical (unpaired) electrons. The Morgan fingerprint density at radius 2 is 2.12 bits per heavy atom. The summed E-state index contributed by atoms with van der Waals surface area (Å²) in [5, 5.41) is 3.75. The van der Waals surface area contributed by atoms with E-state index in [0.29, 0.717) is 17.3 Å². The summed E-state index contributed by atoms with van der Waals surface area (Å²) >= 11 is 1.52. The van der Waals surface area contributed by atoms with Crippen molar-refractivity contribution >= 4 is 16.5 Å². The maximum atomic E-state index is 13.0. The van der Waals surface area contributed by atoms with Gasteiger partial charge in [-0.25, -0.2) is 4.98 Å². The van der Waals surface area contributed by atoms with Gasteiger partial charge in [-0.2, -0.15) is 13.2 Å². The van der Waals surface area contributed by atoms with E-state index < -0.39 is 11.7 Å². The number of thiazole rings is 1. The molecule has 1 fully saturated rings. The summed E-state index contributed by atoms with van der Waals surface area (Å²) in [5.74, 6) is 0. The number of anilines is 1. The molecule has 25 heavy (non-hydrogen) atoms. The summed E-state index contributed by atoms with van der Waals surface area (Å²) in [6, 6.07) is 5.93. The molecule has 1 saturated heterocycles. The molecule has 0 aliphatic carbocycles. The normalized spacial score (nSPS) is 19.2. The second-order valence-electron chi connectivity index (χ2n) is 6.43. The minimum absolute atomic E-state index is 0.489. The number of likely N-dealkylation sites (tertiary alicyclic amines) is 1. The van der Waals surface area contributed by atoms with Crippen molar-refractivity contribution in [1.29, 1.82) is 0 Å². The van der Waals surface area contributed by atoms with Crippen LogP contribution in [0, 0.1) is 0 Å². The molecule has 0 spiro atoms. The van der Waals surface area contributed by atoms with Crippen molar-refractivity contribution in [2.45, 2.75) is 44.9 Å². The SMILES string of the molecule is CNc1nc(-c2cccc(C(F)(F)F)c2)c(CN2CCCC[C@H]2C)s1. The maximum Gasteiger partial charge on any atom is 0.416 e. The highest BCUT2D eigenvalue weighted by Gasteiger charge is 2.31. The Kier molecular flexibility index (Phi) is 5.34. The van der Waals surface area contributed by atoms with Crippen LogP contribution in [0.5, 0.6) is 0 Å². The number of hydrogen-bond acceptors (Lipinski definition) is 4. The average Bonchev–Trinajstić information content (AvgIpc) is 2.99. The number of rotatable bonds is 4. The number of hydrogen-bond donors (Lipinski definition) is 1. The number of nitrogens with zero attached hydrogens (tertiary/aromatic N) is 2. The molecule has 0 bridgehead atoms. The van der Waals surface area contributed by atoms with E-state index in [2.05, 4.69) is 22.1 Å². The van der Waals surface area contributed by atoms with Gasteiger partial charge in [0, 0.05) is 30.1 Å². The molecular formula is C18H22F3N3S. The Balaban J connectivity index is 1.94. The first kappa shape index (κ1) is 18.2. The lowest BCUT2D eigenvalue weighted by Gasteiger charge is -2.33. The standard InChI is InChI=1S/C18H22F3N3S/c1-12-6-3-4-9-24(12)11-15-16(23-17(22-2)25-15)13-7-5-8-14(10-13)18(19,20)21/h5,7-8,10,12H,3-4,6,9,11H2,1-2H3,(H,22,23)/t12-/m1/s1. The van der Waals surface area contributed by atoms with Gasteiger partial charge in [0.1, 0.15) is 0 Å². The van der Waals surface area contributed by atoms with Crippen molar-refractivity contribution in [3.05, 3.63) is 34.7 Å². The van der Waals surface area contributed by atoms with Gasteiger partial charge in [0.25, 0.3) is 0 Å². The largest absolute Gasteiger partial charge is 0.416 e. The van der Waals surface area contributed by atoms with Gasteiger partial charge in [0.2, 0.25) is 0 Å². The van der Waals surface area contributed by atoms with Crippen LogP contribution in [0.15, 0.2) is 24.3 Å². The van der Waals surface area contributed by atoms with E-state index in [-0.39, 0.29) is 0 Å². The van der Waals surface area contributed by atoms with Crippen LogP contribution in [-0.2, 0) is 12.7 Å². The topological polar surface area (TPSA) is 28.2 Å². The van der Waals surface area contributed by atoms with Gasteiger partial charge in [-0.1, -0.05) is 18.6 Å². The van der Waals surface area contributed by atoms with E-state index in [1.54, 1.807) is 13.1 Å². The first-order valence-electron chi connectivity index (χ1n) is 8.47. The van der Waals surface area contributed by atoms with Crippen LogP contribution in [0.4, 0.5) is 18.3 Å². The molecule has 3 nitrogen and oxygen atoms in total. The Hall–Kier alpha value is -1.60. The predicted octanol–water partition coefficient (Wildman–Crippen LogP) is 5.25. The van der Waals surface area contributed by atoms with Crippen LogP contribution in [0.1, 0.15) is 36.6 Å². The van der Waals surface area contributed by atoms with E-state index in [9.17, 15) is 13.2 Å². The molecule has 0 unspecified atom stereocenters. The minimum atomic E-state index is -4.35. The summed E-state index contributed by atoms with van der Waals surface area (Å²) in [5.41, 5.74) is 0.534. The quantitative estimate of drug-likeness (QED) is 0.798. The molecule has 2 heterocycles. The van der Waals surface area contributed by atoms with Gasteiger partial charge in [-0.05, 0) is 38.4 Å². The number of halogens is 3. The van der Waals surface area contributed by atoms with Gasteiger partial charge >= 0.3 is 6.18 Å². The molecule has 7 heteroatoms. The third-order valence-electron chi connectivity index (χ3n) is 4.66. The number of piperidine rings is 1. The summed E-state index contributed by atoms with van der Waals surface area (Å²) < 4.78 is 39.1. The van der Waals surface area contributed by atoms with Crippen LogP contribution < -0.4 is 5.32 Å². The van der Waals surface area contributed by atoms with Gasteiger partial charge in [0.05, 0.1) is 11.3 Å². The van der Waals surface area contributed by atoms with Crippen LogP contribution in [-0.4, -0.2) is 29.5 Å². The number of nitrogens with one attached hydrogen (secondary N) is 1. The van der Waals surface area contributed by atoms with Gasteiger partial charge in [0.15, 0.2) is 5.13 Å². The summed E-state index contributed by atoms with van der Waals surface area (Å²) in [7, 11) is 1.78. The summed E-state index contributed by atoms with van der Waals surface area (Å²) in [6.07, 6.45) is -0.778. The molecule has 1 N–H and O–H groups in total. The van der Waals surface area contributed by atoms with Crippen molar-refractivity contribution in [3.8, 4) is 11.3 Å². The molecule has 1 aliphatic rings. The van der Waals surface area contributed by atoms with Crippen molar-refractivity contribution in [1.82, 2.24) is 9.88 Å². The van der Waals surface area contributed by atoms with E-state index in [1.165, 1.54) is 36.3 Å². The second kappa shape index (κ2) is 7.33. The van der Waals surface area contributed by atoms with E-state index in [1.807, 2.05) is 0 Å². The first-order chi connectivity index (χ1) is 11.9. The van der Waals surface area contributed by atoms with Crippen molar-refractivity contribution in [2.75, 3.05) is 18.9 Å². The molecule has 136 valence electrons. The molecule has 1 atom stereocenters. The van der Waals surface area contributed by atoms with Gasteiger partial charge < -0.3 is 5.32 Å². The zero-order chi connectivity index (χ0) is 18.0. The number of alkyl halides is 3. The third-order valence-corrected chi connectivity index (χ3v) is 5.72. The molecule has 3 rings (SSSR count). The molecule has 2 aromatic rings. The molecular weight excluding hydrogens is 347 g/mol. The molecule has 1 aromatic heterocycles. The summed E-state index contributed by atoms with van der Waals surface area (Å²) in [6.45, 7) is 3.96. The fourth-order valence-corrected chi connectivity index (χ4v) is 4.17. The van der Waals surface area contributed by atoms with Crippen LogP contribution >= 0.6 is 11.3 Å². The lowest BCUT2D eigenvalue weighted by Crippen LogP contribution is -2.36. The zero-order valence-electron chi connectivity index (χ0n) is 14.4. The highest BCUT2D eigenvalue weighted by atomic mass is 32.1. The van der Waals surface area contributed by atoms with E-state index in [0.717, 1.165) is 35.6 Å². The van der Waals surface area contributed by atoms with Crippen molar-refractivity contribution in [3.63, 3.8) is 0 Å². The minimum Gasteiger partial charge on any atom is -0.365 e. The highest BCUT2D eigenvalue weighted by molar-refractivity contribution is 7.16. The smallest absolute Gasteiger partial charge is 0.365 e. The third kappa shape index (κ3) is 4.15. The molecule has 0 saturated carbocycles. The van der Waals surface area contributed by atoms with Crippen LogP contribution in [0.2, 0.25) is 0 Å². The number of benzene rings is 1. The first-order valence-corrected chi connectivity index (χ1v) is 9.29. The lowest BCUT2D eigenvalue weighted by molar-refractivity contribution is -0.137. The molecule has 1 aliphatic heterocycles. The average molecular weight is 369 g/mol. The Morgan fingerprint density at radius 3 is 2.80 bits per heavy atom. The van der Waals surface area contributed by atoms with Crippen LogP contribution in [0.3, 0.4) is 0 Å². The van der Waals surface area contributed by atoms with Gasteiger partial charge in [-0.3, -0.25) is 4.90 Å². The number of aromatic nitrogens is 1. The van der Waals surface area contributed by atoms with Gasteiger partial charge in [-0.15, -0.1) is 11.3 Å². The van der Waals surface area contributed by atoms with Crippen molar-refractivity contribution < 1.29 is 13.2 Å². The van der Waals surface area contributed by atoms with Crippen molar-refractivity contribution in [2.24, 2.45) is 0 Å². The Morgan fingerprint density at radius 1 is 1.32 bits per heavy atom. The predicted molar refractivity (Wildman–Crippen MR) is 95.8 cm³/mol. The Labute approximate surface area is 149 Å². The maximum absolute atomic E-state index is 13.0. The second-order valence-corrected chi connectivity index (χ2v) is 7.52. The molecule has 1 aromatic carbocycles. The fourth-order valence-electron chi connectivity index (χ4n) is 3.21. The zero-order valence-corrected chi connectivity index (χ0v) is 15.2. The lowest BCUT2D eigenvalue weighted by atomic mass is 10.0. The summed E-state index contributed by atoms with van der Waals surface area (Å²) in [4.78, 5) is 7.93. The Bertz CT molecular complexity index is 727. The fraction of sp³-hybridized carbons (Fsp3) is 0.500. The highest BCUT2D eigenvalue weighted by Crippen LogP contribution is 2.36. The van der Waals surface area contributed by atoms with E-state index in [4.69, 9.17) is 0 Å². The molecule has 0 amide bonds. The van der Waals surface area contributed by atoms with Crippen LogP contribution in [0.25, 0.3) is 11.3 Å². The monoisotopic (exact) mass is 369 g/mol. The van der Waals surface area contributed by atoms with E-state index >= 15 is 0 Å².